The van der Waals surface area contributed by atoms with Crippen molar-refractivity contribution in [2.24, 2.45) is 0 Å². The number of hydrogen-bond donors (Lipinski definition) is 1. The summed E-state index contributed by atoms with van der Waals surface area (Å²) in [6, 6.07) is 5.04. The third-order valence-electron chi connectivity index (χ3n) is 2.87. The molecule has 1 atom stereocenters. The van der Waals surface area contributed by atoms with Crippen molar-refractivity contribution in [3.05, 3.63) is 65.2 Å². The predicted octanol–water partition coefficient (Wildman–Crippen LogP) is 3.35. The van der Waals surface area contributed by atoms with E-state index in [0.29, 0.717) is 6.07 Å². The van der Waals surface area contributed by atoms with Crippen LogP contribution in [0.2, 0.25) is 0 Å². The Labute approximate surface area is 109 Å². The molecule has 100 valence electrons. The summed E-state index contributed by atoms with van der Waals surface area (Å²) in [7, 11) is 0. The zero-order valence-corrected chi connectivity index (χ0v) is 10.3. The van der Waals surface area contributed by atoms with Crippen molar-refractivity contribution in [3.8, 4) is 0 Å². The first-order valence-electron chi connectivity index (χ1n) is 5.84. The number of benzene rings is 1. The van der Waals surface area contributed by atoms with Crippen molar-refractivity contribution in [1.29, 1.82) is 0 Å². The van der Waals surface area contributed by atoms with E-state index >= 15 is 0 Å². The second-order valence-electron chi connectivity index (χ2n) is 4.25. The van der Waals surface area contributed by atoms with Gasteiger partial charge in [0.15, 0.2) is 11.6 Å². The molecule has 0 aliphatic carbocycles. The summed E-state index contributed by atoms with van der Waals surface area (Å²) in [6.45, 7) is 1.99. The highest BCUT2D eigenvalue weighted by Gasteiger charge is 2.11. The summed E-state index contributed by atoms with van der Waals surface area (Å²) in [5.41, 5.74) is 1.03. The van der Waals surface area contributed by atoms with Crippen LogP contribution >= 0.6 is 0 Å². The summed E-state index contributed by atoms with van der Waals surface area (Å²) in [5.74, 6) is -2.99. The topological polar surface area (TPSA) is 24.9 Å². The molecule has 2 nitrogen and oxygen atoms in total. The van der Waals surface area contributed by atoms with Gasteiger partial charge in [-0.2, -0.15) is 0 Å². The fourth-order valence-corrected chi connectivity index (χ4v) is 1.71. The maximum atomic E-state index is 13.4. The highest BCUT2D eigenvalue weighted by molar-refractivity contribution is 5.20. The van der Waals surface area contributed by atoms with E-state index in [0.717, 1.165) is 11.6 Å². The molecule has 0 aliphatic heterocycles. The van der Waals surface area contributed by atoms with Gasteiger partial charge in [-0.05, 0) is 24.6 Å². The number of nitrogens with zero attached hydrogens (tertiary/aromatic N) is 1. The first kappa shape index (κ1) is 13.5. The minimum absolute atomic E-state index is 0.0683. The van der Waals surface area contributed by atoms with Gasteiger partial charge in [-0.3, -0.25) is 4.98 Å². The van der Waals surface area contributed by atoms with Gasteiger partial charge < -0.3 is 5.32 Å². The predicted molar refractivity (Wildman–Crippen MR) is 65.8 cm³/mol. The summed E-state index contributed by atoms with van der Waals surface area (Å²) < 4.78 is 39.2. The van der Waals surface area contributed by atoms with Crippen LogP contribution in [0.15, 0.2) is 36.7 Å². The van der Waals surface area contributed by atoms with Gasteiger partial charge in [0.1, 0.15) is 5.82 Å². The number of hydrogen-bond acceptors (Lipinski definition) is 2. The molecule has 2 aromatic rings. The molecule has 5 heteroatoms. The lowest BCUT2D eigenvalue weighted by Gasteiger charge is -2.14. The fraction of sp³-hybridized carbons (Fsp3) is 0.214. The molecule has 1 heterocycles. The minimum Gasteiger partial charge on any atom is -0.306 e. The molecule has 0 fully saturated rings. The van der Waals surface area contributed by atoms with Crippen LogP contribution in [0.25, 0.3) is 0 Å². The van der Waals surface area contributed by atoms with Crippen molar-refractivity contribution in [1.82, 2.24) is 10.3 Å². The number of aromatic nitrogens is 1. The van der Waals surface area contributed by atoms with Crippen LogP contribution in [0.1, 0.15) is 24.1 Å². The lowest BCUT2D eigenvalue weighted by Crippen LogP contribution is -2.19. The molecule has 19 heavy (non-hydrogen) atoms. The summed E-state index contributed by atoms with van der Waals surface area (Å²) in [6.07, 6.45) is 3.35. The molecular weight excluding hydrogens is 253 g/mol. The zero-order chi connectivity index (χ0) is 13.8. The Kier molecular flexibility index (Phi) is 4.16. The molecule has 0 spiro atoms. The fourth-order valence-electron chi connectivity index (χ4n) is 1.71. The molecule has 2 rings (SSSR count). The van der Waals surface area contributed by atoms with E-state index < -0.39 is 17.5 Å². The molecule has 1 N–H and O–H groups in total. The van der Waals surface area contributed by atoms with Crippen LogP contribution in [0.4, 0.5) is 13.2 Å². The van der Waals surface area contributed by atoms with E-state index in [2.05, 4.69) is 10.3 Å². The summed E-state index contributed by atoms with van der Waals surface area (Å²) in [4.78, 5) is 3.98. The lowest BCUT2D eigenvalue weighted by atomic mass is 10.1. The van der Waals surface area contributed by atoms with Gasteiger partial charge in [-0.1, -0.05) is 6.07 Å². The molecular formula is C14H13F3N2. The van der Waals surface area contributed by atoms with Gasteiger partial charge in [0.2, 0.25) is 0 Å². The average Bonchev–Trinajstić information content (AvgIpc) is 2.42. The smallest absolute Gasteiger partial charge is 0.161 e. The normalized spacial score (nSPS) is 12.4. The van der Waals surface area contributed by atoms with Gasteiger partial charge in [-0.15, -0.1) is 0 Å². The first-order chi connectivity index (χ1) is 9.08. The second-order valence-corrected chi connectivity index (χ2v) is 4.25. The molecule has 0 aliphatic rings. The van der Waals surface area contributed by atoms with Gasteiger partial charge in [0.25, 0.3) is 0 Å². The second kappa shape index (κ2) is 5.84. The van der Waals surface area contributed by atoms with Crippen molar-refractivity contribution in [2.75, 3.05) is 0 Å². The molecule has 0 radical (unpaired) electrons. The highest BCUT2D eigenvalue weighted by atomic mass is 19.2. The van der Waals surface area contributed by atoms with Crippen molar-refractivity contribution in [3.63, 3.8) is 0 Å². The Balaban J connectivity index is 2.05. The van der Waals surface area contributed by atoms with Crippen LogP contribution in [0.3, 0.4) is 0 Å². The van der Waals surface area contributed by atoms with Crippen LogP contribution in [-0.4, -0.2) is 4.98 Å². The summed E-state index contributed by atoms with van der Waals surface area (Å²) >= 11 is 0. The Morgan fingerprint density at radius 1 is 1.16 bits per heavy atom. The van der Waals surface area contributed by atoms with Crippen LogP contribution in [0.5, 0.6) is 0 Å². The molecule has 0 bridgehead atoms. The molecule has 0 amide bonds. The Hall–Kier alpha value is -1.88. The Morgan fingerprint density at radius 3 is 2.58 bits per heavy atom. The zero-order valence-electron chi connectivity index (χ0n) is 10.3. The maximum absolute atomic E-state index is 13.4. The van der Waals surface area contributed by atoms with Crippen LogP contribution < -0.4 is 5.32 Å². The molecule has 1 aromatic carbocycles. The highest BCUT2D eigenvalue weighted by Crippen LogP contribution is 2.16. The first-order valence-corrected chi connectivity index (χ1v) is 5.84. The van der Waals surface area contributed by atoms with E-state index in [9.17, 15) is 13.2 Å². The van der Waals surface area contributed by atoms with E-state index in [1.165, 1.54) is 0 Å². The van der Waals surface area contributed by atoms with Gasteiger partial charge in [-0.25, -0.2) is 13.2 Å². The lowest BCUT2D eigenvalue weighted by molar-refractivity contribution is 0.482. The van der Waals surface area contributed by atoms with Crippen molar-refractivity contribution >= 4 is 0 Å². The largest absolute Gasteiger partial charge is 0.306 e. The number of pyridine rings is 1. The van der Waals surface area contributed by atoms with Crippen LogP contribution in [0, 0.1) is 17.5 Å². The van der Waals surface area contributed by atoms with Gasteiger partial charge >= 0.3 is 0 Å². The standard InChI is InChI=1S/C14H13F3N2/c1-9(10-3-2-4-18-7-10)19-8-11-5-13(16)14(17)6-12(11)15/h2-7,9,19H,8H2,1H3/t9-/m0/s1. The van der Waals surface area contributed by atoms with Crippen molar-refractivity contribution in [2.45, 2.75) is 19.5 Å². The average molecular weight is 266 g/mol. The maximum Gasteiger partial charge on any atom is 0.161 e. The van der Waals surface area contributed by atoms with Gasteiger partial charge in [0.05, 0.1) is 0 Å². The van der Waals surface area contributed by atoms with E-state index in [4.69, 9.17) is 0 Å². The Bertz CT molecular complexity index is 558. The SMILES string of the molecule is C[C@H](NCc1cc(F)c(F)cc1F)c1cccnc1. The minimum atomic E-state index is -1.18. The van der Waals surface area contributed by atoms with Crippen LogP contribution in [-0.2, 0) is 6.54 Å². The third kappa shape index (κ3) is 3.32. The van der Waals surface area contributed by atoms with E-state index in [-0.39, 0.29) is 18.2 Å². The molecule has 0 saturated heterocycles. The van der Waals surface area contributed by atoms with E-state index in [1.807, 2.05) is 13.0 Å². The summed E-state index contributed by atoms with van der Waals surface area (Å²) in [5, 5.41) is 3.03. The van der Waals surface area contributed by atoms with Crippen molar-refractivity contribution < 1.29 is 13.2 Å². The van der Waals surface area contributed by atoms with Gasteiger partial charge in [0, 0.05) is 36.6 Å². The number of halogens is 3. The Morgan fingerprint density at radius 2 is 1.89 bits per heavy atom. The third-order valence-corrected chi connectivity index (χ3v) is 2.87. The molecule has 0 unspecified atom stereocenters. The molecule has 1 aromatic heterocycles. The monoisotopic (exact) mass is 266 g/mol. The molecule has 0 saturated carbocycles. The number of nitrogens with one attached hydrogen (secondary N) is 1. The van der Waals surface area contributed by atoms with E-state index in [1.54, 1.807) is 18.5 Å². The quantitative estimate of drug-likeness (QED) is 0.858. The number of rotatable bonds is 4.